The van der Waals surface area contributed by atoms with Gasteiger partial charge in [0.25, 0.3) is 0 Å². The van der Waals surface area contributed by atoms with Gasteiger partial charge < -0.3 is 10.6 Å². The topological polar surface area (TPSA) is 46.3 Å². The summed E-state index contributed by atoms with van der Waals surface area (Å²) in [6, 6.07) is -0.270. The van der Waals surface area contributed by atoms with Crippen molar-refractivity contribution in [3.63, 3.8) is 0 Å². The molecule has 0 bridgehead atoms. The fourth-order valence-corrected chi connectivity index (χ4v) is 2.23. The van der Waals surface area contributed by atoms with Gasteiger partial charge in [-0.1, -0.05) is 26.7 Å². The van der Waals surface area contributed by atoms with Gasteiger partial charge in [0.2, 0.25) is 5.91 Å². The van der Waals surface area contributed by atoms with Gasteiger partial charge in [-0.25, -0.2) is 0 Å². The average molecular weight is 212 g/mol. The Bertz CT molecular complexity index is 198. The zero-order valence-corrected chi connectivity index (χ0v) is 10.0. The minimum atomic E-state index is -0.270. The maximum absolute atomic E-state index is 11.9. The smallest absolute Gasteiger partial charge is 0.239 e. The number of nitrogens with zero attached hydrogens (tertiary/aromatic N) is 1. The largest absolute Gasteiger partial charge is 0.341 e. The van der Waals surface area contributed by atoms with Crippen LogP contribution in [0.1, 0.15) is 46.0 Å². The summed E-state index contributed by atoms with van der Waals surface area (Å²) < 4.78 is 0. The lowest BCUT2D eigenvalue weighted by atomic mass is 9.94. The van der Waals surface area contributed by atoms with Crippen molar-refractivity contribution >= 4 is 5.91 Å². The van der Waals surface area contributed by atoms with Crippen LogP contribution in [0.25, 0.3) is 0 Å². The number of rotatable bonds is 4. The highest BCUT2D eigenvalue weighted by molar-refractivity contribution is 5.81. The van der Waals surface area contributed by atoms with Crippen LogP contribution < -0.4 is 5.73 Å². The van der Waals surface area contributed by atoms with Gasteiger partial charge in [0.1, 0.15) is 0 Å². The van der Waals surface area contributed by atoms with E-state index >= 15 is 0 Å². The Labute approximate surface area is 93.0 Å². The van der Waals surface area contributed by atoms with Gasteiger partial charge in [-0.2, -0.15) is 0 Å². The Hall–Kier alpha value is -0.570. The molecule has 1 saturated heterocycles. The van der Waals surface area contributed by atoms with Gasteiger partial charge >= 0.3 is 0 Å². The quantitative estimate of drug-likeness (QED) is 0.772. The molecule has 0 aromatic heterocycles. The molecular weight excluding hydrogens is 188 g/mol. The van der Waals surface area contributed by atoms with E-state index in [-0.39, 0.29) is 11.9 Å². The molecule has 1 heterocycles. The lowest BCUT2D eigenvalue weighted by Gasteiger charge is -2.33. The molecule has 0 aromatic rings. The summed E-state index contributed by atoms with van der Waals surface area (Å²) in [5, 5.41) is 0. The van der Waals surface area contributed by atoms with Crippen molar-refractivity contribution in [3.05, 3.63) is 0 Å². The summed E-state index contributed by atoms with van der Waals surface area (Å²) in [5.74, 6) is 0.975. The van der Waals surface area contributed by atoms with Crippen molar-refractivity contribution in [3.8, 4) is 0 Å². The van der Waals surface area contributed by atoms with Gasteiger partial charge in [-0.3, -0.25) is 4.79 Å². The monoisotopic (exact) mass is 212 g/mol. The average Bonchev–Trinajstić information content (AvgIpc) is 2.28. The molecule has 1 aliphatic rings. The van der Waals surface area contributed by atoms with Crippen molar-refractivity contribution in [2.45, 2.75) is 52.0 Å². The Morgan fingerprint density at radius 3 is 2.47 bits per heavy atom. The molecule has 3 heteroatoms. The summed E-state index contributed by atoms with van der Waals surface area (Å²) in [6.07, 6.45) is 5.34. The number of amides is 1. The SMILES string of the molecule is CCCC(N)C(=O)N1CCC(CC)CC1. The van der Waals surface area contributed by atoms with E-state index in [1.807, 2.05) is 4.90 Å². The van der Waals surface area contributed by atoms with E-state index in [0.717, 1.165) is 44.7 Å². The molecule has 2 N–H and O–H groups in total. The van der Waals surface area contributed by atoms with Crippen molar-refractivity contribution in [1.29, 1.82) is 0 Å². The second-order valence-corrected chi connectivity index (χ2v) is 4.57. The standard InChI is InChI=1S/C12H24N2O/c1-3-5-11(13)12(15)14-8-6-10(4-2)7-9-14/h10-11H,3-9,13H2,1-2H3. The number of hydrogen-bond acceptors (Lipinski definition) is 2. The van der Waals surface area contributed by atoms with E-state index in [1.165, 1.54) is 6.42 Å². The van der Waals surface area contributed by atoms with Crippen molar-refractivity contribution in [1.82, 2.24) is 4.90 Å². The lowest BCUT2D eigenvalue weighted by Crippen LogP contribution is -2.47. The van der Waals surface area contributed by atoms with Crippen LogP contribution in [0, 0.1) is 5.92 Å². The summed E-state index contributed by atoms with van der Waals surface area (Å²) in [6.45, 7) is 6.12. The second-order valence-electron chi connectivity index (χ2n) is 4.57. The zero-order chi connectivity index (χ0) is 11.3. The predicted molar refractivity (Wildman–Crippen MR) is 62.5 cm³/mol. The normalized spacial score (nSPS) is 20.3. The van der Waals surface area contributed by atoms with Gasteiger partial charge in [0.05, 0.1) is 6.04 Å². The fourth-order valence-electron chi connectivity index (χ4n) is 2.23. The first-order valence-corrected chi connectivity index (χ1v) is 6.23. The zero-order valence-electron chi connectivity index (χ0n) is 10.0. The van der Waals surface area contributed by atoms with Crippen LogP contribution in [0.3, 0.4) is 0 Å². The molecule has 0 spiro atoms. The molecule has 0 radical (unpaired) electrons. The molecule has 15 heavy (non-hydrogen) atoms. The number of nitrogens with two attached hydrogens (primary N) is 1. The summed E-state index contributed by atoms with van der Waals surface area (Å²) in [7, 11) is 0. The molecule has 1 unspecified atom stereocenters. The number of carbonyl (C=O) groups is 1. The fraction of sp³-hybridized carbons (Fsp3) is 0.917. The van der Waals surface area contributed by atoms with Crippen LogP contribution in [0.15, 0.2) is 0 Å². The highest BCUT2D eigenvalue weighted by atomic mass is 16.2. The van der Waals surface area contributed by atoms with Crippen molar-refractivity contribution < 1.29 is 4.79 Å². The third-order valence-electron chi connectivity index (χ3n) is 3.42. The molecule has 1 fully saturated rings. The van der Waals surface area contributed by atoms with Gasteiger partial charge in [-0.05, 0) is 25.2 Å². The molecule has 3 nitrogen and oxygen atoms in total. The minimum absolute atomic E-state index is 0.159. The van der Waals surface area contributed by atoms with E-state index in [0.29, 0.717) is 0 Å². The van der Waals surface area contributed by atoms with E-state index in [9.17, 15) is 4.79 Å². The van der Waals surface area contributed by atoms with Crippen LogP contribution in [0.4, 0.5) is 0 Å². The van der Waals surface area contributed by atoms with Crippen LogP contribution in [-0.2, 0) is 4.79 Å². The minimum Gasteiger partial charge on any atom is -0.341 e. The summed E-state index contributed by atoms with van der Waals surface area (Å²) in [4.78, 5) is 13.8. The van der Waals surface area contributed by atoms with Crippen LogP contribution >= 0.6 is 0 Å². The highest BCUT2D eigenvalue weighted by Crippen LogP contribution is 2.20. The number of hydrogen-bond donors (Lipinski definition) is 1. The Kier molecular flexibility index (Phi) is 5.09. The third-order valence-corrected chi connectivity index (χ3v) is 3.42. The number of piperidine rings is 1. The first kappa shape index (κ1) is 12.5. The van der Waals surface area contributed by atoms with Gasteiger partial charge in [-0.15, -0.1) is 0 Å². The molecule has 0 aromatic carbocycles. The van der Waals surface area contributed by atoms with E-state index in [2.05, 4.69) is 13.8 Å². The van der Waals surface area contributed by atoms with E-state index in [1.54, 1.807) is 0 Å². The van der Waals surface area contributed by atoms with E-state index < -0.39 is 0 Å². The second kappa shape index (κ2) is 6.11. The first-order chi connectivity index (χ1) is 7.19. The van der Waals surface area contributed by atoms with Gasteiger partial charge in [0.15, 0.2) is 0 Å². The Balaban J connectivity index is 2.35. The van der Waals surface area contributed by atoms with Crippen LogP contribution in [0.2, 0.25) is 0 Å². The maximum atomic E-state index is 11.9. The lowest BCUT2D eigenvalue weighted by molar-refractivity contribution is -0.134. The molecule has 1 atom stereocenters. The highest BCUT2D eigenvalue weighted by Gasteiger charge is 2.24. The Morgan fingerprint density at radius 2 is 2.00 bits per heavy atom. The van der Waals surface area contributed by atoms with Gasteiger partial charge in [0, 0.05) is 13.1 Å². The first-order valence-electron chi connectivity index (χ1n) is 6.23. The summed E-state index contributed by atoms with van der Waals surface area (Å²) in [5.41, 5.74) is 5.83. The third kappa shape index (κ3) is 3.49. The number of carbonyl (C=O) groups excluding carboxylic acids is 1. The molecule has 0 saturated carbocycles. The van der Waals surface area contributed by atoms with Crippen LogP contribution in [-0.4, -0.2) is 29.9 Å². The van der Waals surface area contributed by atoms with E-state index in [4.69, 9.17) is 5.73 Å². The summed E-state index contributed by atoms with van der Waals surface area (Å²) >= 11 is 0. The maximum Gasteiger partial charge on any atom is 0.239 e. The van der Waals surface area contributed by atoms with Crippen LogP contribution in [0.5, 0.6) is 0 Å². The molecule has 1 rings (SSSR count). The molecular formula is C12H24N2O. The molecule has 88 valence electrons. The van der Waals surface area contributed by atoms with Crippen molar-refractivity contribution in [2.24, 2.45) is 11.7 Å². The Morgan fingerprint density at radius 1 is 1.40 bits per heavy atom. The molecule has 1 amide bonds. The number of likely N-dealkylation sites (tertiary alicyclic amines) is 1. The molecule has 1 aliphatic heterocycles. The molecule has 0 aliphatic carbocycles. The predicted octanol–water partition coefficient (Wildman–Crippen LogP) is 1.76. The van der Waals surface area contributed by atoms with Crippen molar-refractivity contribution in [2.75, 3.05) is 13.1 Å².